The van der Waals surface area contributed by atoms with Gasteiger partial charge in [0.05, 0.1) is 16.7 Å². The number of benzene rings is 5. The number of aromatic nitrogens is 3. The Bertz CT molecular complexity index is 2490. The van der Waals surface area contributed by atoms with E-state index in [1.54, 1.807) is 0 Å². The standard InChI is InChI=1S/C44H31N3/c1-4-16-35(38-22-20-30-12-3-6-18-37(30)42(38)36-17-5-2-11-29(36)10-1)32-14-7-13-31(26-32)34-21-23-41(47-28-34)40-27-33-15-8-24-45-43(33)44-39(40)19-9-25-46-44/h2-3,5-9,11-28H,1,4,10H2/b35-16-. The molecule has 3 nitrogen and oxygen atoms in total. The lowest BCUT2D eigenvalue weighted by Gasteiger charge is -2.19. The summed E-state index contributed by atoms with van der Waals surface area (Å²) in [7, 11) is 0. The van der Waals surface area contributed by atoms with Crippen LogP contribution in [0, 0.1) is 0 Å². The zero-order chi connectivity index (χ0) is 31.2. The molecule has 3 aromatic heterocycles. The van der Waals surface area contributed by atoms with E-state index < -0.39 is 0 Å². The maximum Gasteiger partial charge on any atom is 0.0971 e. The third-order valence-corrected chi connectivity index (χ3v) is 9.51. The summed E-state index contributed by atoms with van der Waals surface area (Å²) >= 11 is 0. The molecule has 9 rings (SSSR count). The Morgan fingerprint density at radius 2 is 1.30 bits per heavy atom. The van der Waals surface area contributed by atoms with E-state index in [0.29, 0.717) is 0 Å². The first-order valence-electron chi connectivity index (χ1n) is 16.3. The monoisotopic (exact) mass is 601 g/mol. The predicted octanol–water partition coefficient (Wildman–Crippen LogP) is 11.1. The van der Waals surface area contributed by atoms with E-state index in [1.165, 1.54) is 44.2 Å². The first-order chi connectivity index (χ1) is 23.3. The fourth-order valence-corrected chi connectivity index (χ4v) is 7.27. The highest BCUT2D eigenvalue weighted by Crippen LogP contribution is 2.42. The molecule has 0 amide bonds. The van der Waals surface area contributed by atoms with E-state index in [4.69, 9.17) is 4.98 Å². The Morgan fingerprint density at radius 3 is 2.23 bits per heavy atom. The van der Waals surface area contributed by atoms with Crippen molar-refractivity contribution in [3.63, 3.8) is 0 Å². The number of hydrogen-bond acceptors (Lipinski definition) is 3. The summed E-state index contributed by atoms with van der Waals surface area (Å²) in [6, 6.07) is 45.9. The largest absolute Gasteiger partial charge is 0.256 e. The van der Waals surface area contributed by atoms with Crippen LogP contribution in [0.15, 0.2) is 152 Å². The number of pyridine rings is 3. The number of nitrogens with zero attached hydrogens (tertiary/aromatic N) is 3. The van der Waals surface area contributed by atoms with Crippen LogP contribution >= 0.6 is 0 Å². The zero-order valence-electron chi connectivity index (χ0n) is 25.9. The van der Waals surface area contributed by atoms with Crippen LogP contribution in [0.3, 0.4) is 0 Å². The Morgan fingerprint density at radius 1 is 0.489 bits per heavy atom. The summed E-state index contributed by atoms with van der Waals surface area (Å²) in [6.45, 7) is 0. The van der Waals surface area contributed by atoms with Gasteiger partial charge in [-0.25, -0.2) is 0 Å². The molecule has 0 N–H and O–H groups in total. The van der Waals surface area contributed by atoms with Crippen molar-refractivity contribution < 1.29 is 0 Å². The fraction of sp³-hybridized carbons (Fsp3) is 0.0682. The highest BCUT2D eigenvalue weighted by atomic mass is 14.7. The average molecular weight is 602 g/mol. The van der Waals surface area contributed by atoms with Gasteiger partial charge >= 0.3 is 0 Å². The van der Waals surface area contributed by atoms with Crippen LogP contribution in [0.25, 0.3) is 71.7 Å². The molecule has 222 valence electrons. The molecule has 0 unspecified atom stereocenters. The summed E-state index contributed by atoms with van der Waals surface area (Å²) in [6.07, 6.45) is 11.3. The molecule has 47 heavy (non-hydrogen) atoms. The lowest BCUT2D eigenvalue weighted by atomic mass is 9.85. The summed E-state index contributed by atoms with van der Waals surface area (Å²) in [5.41, 5.74) is 13.9. The van der Waals surface area contributed by atoms with E-state index >= 15 is 0 Å². The molecule has 0 atom stereocenters. The third kappa shape index (κ3) is 4.79. The molecule has 3 heteroatoms. The minimum absolute atomic E-state index is 0.901. The smallest absolute Gasteiger partial charge is 0.0971 e. The molecule has 0 saturated carbocycles. The van der Waals surface area contributed by atoms with Gasteiger partial charge in [0.25, 0.3) is 0 Å². The van der Waals surface area contributed by atoms with Crippen molar-refractivity contribution in [1.82, 2.24) is 15.0 Å². The maximum atomic E-state index is 5.00. The molecule has 0 spiro atoms. The molecule has 0 aliphatic heterocycles. The van der Waals surface area contributed by atoms with Crippen molar-refractivity contribution in [2.75, 3.05) is 0 Å². The van der Waals surface area contributed by atoms with Gasteiger partial charge in [-0.15, -0.1) is 0 Å². The van der Waals surface area contributed by atoms with Gasteiger partial charge in [-0.2, -0.15) is 0 Å². The third-order valence-electron chi connectivity index (χ3n) is 9.51. The van der Waals surface area contributed by atoms with E-state index in [-0.39, 0.29) is 0 Å². The highest BCUT2D eigenvalue weighted by Gasteiger charge is 2.19. The molecule has 1 aliphatic rings. The van der Waals surface area contributed by atoms with Gasteiger partial charge in [-0.1, -0.05) is 103 Å². The van der Waals surface area contributed by atoms with E-state index in [9.17, 15) is 0 Å². The fourth-order valence-electron chi connectivity index (χ4n) is 7.27. The van der Waals surface area contributed by atoms with Crippen LogP contribution in [0.5, 0.6) is 0 Å². The van der Waals surface area contributed by atoms with Crippen molar-refractivity contribution in [2.24, 2.45) is 0 Å². The molecule has 1 aliphatic carbocycles. The lowest BCUT2D eigenvalue weighted by molar-refractivity contribution is 0.846. The molecular formula is C44H31N3. The van der Waals surface area contributed by atoms with Crippen molar-refractivity contribution in [1.29, 1.82) is 0 Å². The second-order valence-corrected chi connectivity index (χ2v) is 12.3. The van der Waals surface area contributed by atoms with Crippen molar-refractivity contribution >= 4 is 38.2 Å². The zero-order valence-corrected chi connectivity index (χ0v) is 25.9. The van der Waals surface area contributed by atoms with Crippen LogP contribution in [0.1, 0.15) is 29.5 Å². The van der Waals surface area contributed by atoms with Gasteiger partial charge in [0, 0.05) is 40.5 Å². The minimum Gasteiger partial charge on any atom is -0.256 e. The van der Waals surface area contributed by atoms with Gasteiger partial charge in [-0.3, -0.25) is 15.0 Å². The van der Waals surface area contributed by atoms with Crippen LogP contribution in [0.2, 0.25) is 0 Å². The molecule has 0 bridgehead atoms. The van der Waals surface area contributed by atoms with Gasteiger partial charge in [-0.05, 0) is 99.3 Å². The molecule has 0 radical (unpaired) electrons. The summed E-state index contributed by atoms with van der Waals surface area (Å²) in [5.74, 6) is 0. The van der Waals surface area contributed by atoms with Gasteiger partial charge in [0.1, 0.15) is 0 Å². The SMILES string of the molecule is C1=C(/c2cccc(-c3ccc(-c4cc5cccnc5c5ncccc45)nc3)c2)c2ccc3ccccc3c2-c2ccccc2CCC/1. The molecule has 0 fully saturated rings. The van der Waals surface area contributed by atoms with E-state index in [2.05, 4.69) is 131 Å². The second kappa shape index (κ2) is 11.5. The Balaban J connectivity index is 1.14. The summed E-state index contributed by atoms with van der Waals surface area (Å²) < 4.78 is 0. The van der Waals surface area contributed by atoms with Crippen LogP contribution < -0.4 is 0 Å². The van der Waals surface area contributed by atoms with Gasteiger partial charge < -0.3 is 0 Å². The molecular weight excluding hydrogens is 571 g/mol. The number of allylic oxidation sites excluding steroid dienone is 1. The Hall–Kier alpha value is -5.93. The highest BCUT2D eigenvalue weighted by molar-refractivity contribution is 6.10. The molecule has 8 aromatic rings. The molecule has 0 saturated heterocycles. The van der Waals surface area contributed by atoms with E-state index in [1.807, 2.05) is 30.7 Å². The molecule has 3 heterocycles. The van der Waals surface area contributed by atoms with Crippen molar-refractivity contribution in [2.45, 2.75) is 19.3 Å². The number of aryl methyl sites for hydroxylation is 1. The summed E-state index contributed by atoms with van der Waals surface area (Å²) in [4.78, 5) is 14.3. The first kappa shape index (κ1) is 27.4. The number of fused-ring (bicyclic) bond motifs is 8. The second-order valence-electron chi connectivity index (χ2n) is 12.3. The Labute approximate surface area is 273 Å². The van der Waals surface area contributed by atoms with E-state index in [0.717, 1.165) is 63.5 Å². The van der Waals surface area contributed by atoms with Crippen molar-refractivity contribution in [3.8, 4) is 33.5 Å². The Kier molecular flexibility index (Phi) is 6.68. The number of rotatable bonds is 3. The first-order valence-corrected chi connectivity index (χ1v) is 16.3. The summed E-state index contributed by atoms with van der Waals surface area (Å²) in [5, 5.41) is 4.69. The lowest BCUT2D eigenvalue weighted by Crippen LogP contribution is -1.96. The quantitative estimate of drug-likeness (QED) is 0.189. The molecule has 5 aromatic carbocycles. The van der Waals surface area contributed by atoms with Gasteiger partial charge in [0.2, 0.25) is 0 Å². The minimum atomic E-state index is 0.901. The normalized spacial score (nSPS) is 14.1. The van der Waals surface area contributed by atoms with Crippen molar-refractivity contribution in [3.05, 3.63) is 169 Å². The maximum absolute atomic E-state index is 5.00. The number of hydrogen-bond donors (Lipinski definition) is 0. The topological polar surface area (TPSA) is 38.7 Å². The van der Waals surface area contributed by atoms with Crippen LogP contribution in [-0.2, 0) is 6.42 Å². The average Bonchev–Trinajstić information content (AvgIpc) is 3.22. The van der Waals surface area contributed by atoms with Gasteiger partial charge in [0.15, 0.2) is 0 Å². The predicted molar refractivity (Wildman–Crippen MR) is 195 cm³/mol. The van der Waals surface area contributed by atoms with Crippen LogP contribution in [-0.4, -0.2) is 15.0 Å². The van der Waals surface area contributed by atoms with Crippen LogP contribution in [0.4, 0.5) is 0 Å².